The highest BCUT2D eigenvalue weighted by molar-refractivity contribution is 8.13. The first kappa shape index (κ1) is 14.8. The molecule has 15 heavy (non-hydrogen) atoms. The molecule has 88 valence electrons. The van der Waals surface area contributed by atoms with Crippen LogP contribution in [0, 0.1) is 0 Å². The Balaban J connectivity index is 3.15. The molecule has 0 fully saturated rings. The molecule has 1 nitrogen and oxygen atoms in total. The molecule has 0 saturated carbocycles. The average molecular weight is 228 g/mol. The van der Waals surface area contributed by atoms with Gasteiger partial charge in [0.2, 0.25) is 0 Å². The van der Waals surface area contributed by atoms with Gasteiger partial charge in [0.25, 0.3) is 0 Å². The number of hydrogen-bond acceptors (Lipinski definition) is 2. The van der Waals surface area contributed by atoms with E-state index in [0.29, 0.717) is 5.12 Å². The van der Waals surface area contributed by atoms with Crippen LogP contribution in [0.25, 0.3) is 0 Å². The van der Waals surface area contributed by atoms with Gasteiger partial charge in [0.1, 0.15) is 0 Å². The van der Waals surface area contributed by atoms with Crippen molar-refractivity contribution in [1.29, 1.82) is 0 Å². The second-order valence-corrected chi connectivity index (χ2v) is 4.97. The van der Waals surface area contributed by atoms with Crippen molar-refractivity contribution < 1.29 is 4.79 Å². The first-order valence-corrected chi connectivity index (χ1v) is 7.06. The van der Waals surface area contributed by atoms with Gasteiger partial charge >= 0.3 is 0 Å². The molecule has 0 aromatic heterocycles. The molecule has 0 aromatic rings. The van der Waals surface area contributed by atoms with E-state index >= 15 is 0 Å². The molecule has 0 unspecified atom stereocenters. The fraction of sp³-hybridized carbons (Fsp3) is 0.769. The first-order chi connectivity index (χ1) is 7.31. The SMILES string of the molecule is C=CCCCSC(=O)CCCCCCC. The van der Waals surface area contributed by atoms with Crippen molar-refractivity contribution in [2.24, 2.45) is 0 Å². The third-order valence-corrected chi connectivity index (χ3v) is 3.32. The summed E-state index contributed by atoms with van der Waals surface area (Å²) in [7, 11) is 0. The average Bonchev–Trinajstić information content (AvgIpc) is 2.24. The maximum absolute atomic E-state index is 11.4. The van der Waals surface area contributed by atoms with E-state index in [9.17, 15) is 4.79 Å². The largest absolute Gasteiger partial charge is 0.287 e. The third kappa shape index (κ3) is 11.7. The summed E-state index contributed by atoms with van der Waals surface area (Å²) in [6.45, 7) is 5.87. The summed E-state index contributed by atoms with van der Waals surface area (Å²) in [6, 6.07) is 0. The Morgan fingerprint density at radius 2 is 1.93 bits per heavy atom. The van der Waals surface area contributed by atoms with E-state index < -0.39 is 0 Å². The molecule has 0 radical (unpaired) electrons. The number of thioether (sulfide) groups is 1. The number of rotatable bonds is 10. The first-order valence-electron chi connectivity index (χ1n) is 6.07. The molecule has 0 bridgehead atoms. The Kier molecular flexibility index (Phi) is 11.6. The van der Waals surface area contributed by atoms with Gasteiger partial charge in [0.05, 0.1) is 0 Å². The van der Waals surface area contributed by atoms with Crippen molar-refractivity contribution in [3.05, 3.63) is 12.7 Å². The molecule has 0 aliphatic rings. The summed E-state index contributed by atoms with van der Waals surface area (Å²) < 4.78 is 0. The van der Waals surface area contributed by atoms with Gasteiger partial charge < -0.3 is 0 Å². The number of unbranched alkanes of at least 4 members (excludes halogenated alkanes) is 5. The molecule has 0 aliphatic heterocycles. The van der Waals surface area contributed by atoms with Crippen LogP contribution in [0.1, 0.15) is 58.3 Å². The summed E-state index contributed by atoms with van der Waals surface area (Å²) >= 11 is 1.49. The number of carbonyl (C=O) groups excluding carboxylic acids is 1. The smallest absolute Gasteiger partial charge is 0.188 e. The van der Waals surface area contributed by atoms with E-state index in [1.54, 1.807) is 0 Å². The van der Waals surface area contributed by atoms with Crippen LogP contribution < -0.4 is 0 Å². The van der Waals surface area contributed by atoms with Crippen LogP contribution >= 0.6 is 11.8 Å². The van der Waals surface area contributed by atoms with Gasteiger partial charge in [-0.2, -0.15) is 0 Å². The van der Waals surface area contributed by atoms with Crippen LogP contribution in [0.4, 0.5) is 0 Å². The van der Waals surface area contributed by atoms with Gasteiger partial charge in [0, 0.05) is 12.2 Å². The summed E-state index contributed by atoms with van der Waals surface area (Å²) in [5.74, 6) is 0.958. The van der Waals surface area contributed by atoms with Crippen LogP contribution in [0.2, 0.25) is 0 Å². The Bertz CT molecular complexity index is 166. The highest BCUT2D eigenvalue weighted by atomic mass is 32.2. The zero-order valence-corrected chi connectivity index (χ0v) is 10.8. The fourth-order valence-electron chi connectivity index (χ4n) is 1.36. The second-order valence-electron chi connectivity index (χ2n) is 3.82. The summed E-state index contributed by atoms with van der Waals surface area (Å²) in [6.07, 6.45) is 10.9. The molecular weight excluding hydrogens is 204 g/mol. The van der Waals surface area contributed by atoms with Gasteiger partial charge in [-0.05, 0) is 19.3 Å². The molecule has 0 amide bonds. The van der Waals surface area contributed by atoms with E-state index in [4.69, 9.17) is 0 Å². The lowest BCUT2D eigenvalue weighted by Gasteiger charge is -2.00. The predicted octanol–water partition coefficient (Wildman–Crippen LogP) is 4.57. The Hall–Kier alpha value is -0.240. The zero-order chi connectivity index (χ0) is 11.4. The van der Waals surface area contributed by atoms with Gasteiger partial charge in [-0.3, -0.25) is 4.79 Å². The third-order valence-electron chi connectivity index (χ3n) is 2.30. The standard InChI is InChI=1S/C13H24OS/c1-3-5-7-8-9-11-13(14)15-12-10-6-4-2/h4H,2-3,5-12H2,1H3. The lowest BCUT2D eigenvalue weighted by Crippen LogP contribution is -1.93. The summed E-state index contributed by atoms with van der Waals surface area (Å²) in [4.78, 5) is 11.4. The lowest BCUT2D eigenvalue weighted by atomic mass is 10.1. The number of carbonyl (C=O) groups is 1. The lowest BCUT2D eigenvalue weighted by molar-refractivity contribution is -0.111. The minimum atomic E-state index is 0.371. The van der Waals surface area contributed by atoms with Crippen molar-refractivity contribution >= 4 is 16.9 Å². The fourth-order valence-corrected chi connectivity index (χ4v) is 2.19. The molecule has 0 N–H and O–H groups in total. The summed E-state index contributed by atoms with van der Waals surface area (Å²) in [5, 5.41) is 0.371. The van der Waals surface area contributed by atoms with Gasteiger partial charge in [-0.15, -0.1) is 6.58 Å². The maximum Gasteiger partial charge on any atom is 0.188 e. The normalized spacial score (nSPS) is 10.2. The van der Waals surface area contributed by atoms with Gasteiger partial charge in [-0.1, -0.05) is 50.4 Å². The van der Waals surface area contributed by atoms with Crippen LogP contribution in [0.5, 0.6) is 0 Å². The van der Waals surface area contributed by atoms with Crippen molar-refractivity contribution in [1.82, 2.24) is 0 Å². The van der Waals surface area contributed by atoms with Crippen LogP contribution in [-0.4, -0.2) is 10.9 Å². The highest BCUT2D eigenvalue weighted by Crippen LogP contribution is 2.13. The number of hydrogen-bond donors (Lipinski definition) is 0. The number of allylic oxidation sites excluding steroid dienone is 1. The van der Waals surface area contributed by atoms with Gasteiger partial charge in [-0.25, -0.2) is 0 Å². The molecule has 0 saturated heterocycles. The molecule has 0 rings (SSSR count). The monoisotopic (exact) mass is 228 g/mol. The molecule has 2 heteroatoms. The Morgan fingerprint density at radius 3 is 2.60 bits per heavy atom. The van der Waals surface area contributed by atoms with E-state index in [-0.39, 0.29) is 0 Å². The zero-order valence-electron chi connectivity index (χ0n) is 9.96. The van der Waals surface area contributed by atoms with E-state index in [0.717, 1.165) is 31.4 Å². The van der Waals surface area contributed by atoms with Crippen LogP contribution in [-0.2, 0) is 4.79 Å². The van der Waals surface area contributed by atoms with E-state index in [1.165, 1.54) is 37.4 Å². The molecule has 0 atom stereocenters. The Labute approximate surface area is 98.7 Å². The molecular formula is C13H24OS. The molecule has 0 aromatic carbocycles. The predicted molar refractivity (Wildman–Crippen MR) is 70.3 cm³/mol. The minimum absolute atomic E-state index is 0.371. The molecule has 0 aliphatic carbocycles. The minimum Gasteiger partial charge on any atom is -0.287 e. The molecule has 0 heterocycles. The van der Waals surface area contributed by atoms with Crippen molar-refractivity contribution in [2.45, 2.75) is 58.3 Å². The topological polar surface area (TPSA) is 17.1 Å². The van der Waals surface area contributed by atoms with E-state index in [1.807, 2.05) is 6.08 Å². The highest BCUT2D eigenvalue weighted by Gasteiger charge is 2.01. The quantitative estimate of drug-likeness (QED) is 0.402. The maximum atomic E-state index is 11.4. The van der Waals surface area contributed by atoms with Crippen LogP contribution in [0.3, 0.4) is 0 Å². The summed E-state index contributed by atoms with van der Waals surface area (Å²) in [5.41, 5.74) is 0. The van der Waals surface area contributed by atoms with Crippen molar-refractivity contribution in [3.63, 3.8) is 0 Å². The van der Waals surface area contributed by atoms with Crippen molar-refractivity contribution in [2.75, 3.05) is 5.75 Å². The van der Waals surface area contributed by atoms with Crippen molar-refractivity contribution in [3.8, 4) is 0 Å². The second kappa shape index (κ2) is 11.8. The van der Waals surface area contributed by atoms with E-state index in [2.05, 4.69) is 13.5 Å². The van der Waals surface area contributed by atoms with Crippen LogP contribution in [0.15, 0.2) is 12.7 Å². The Morgan fingerprint density at radius 1 is 1.20 bits per heavy atom. The van der Waals surface area contributed by atoms with Gasteiger partial charge in [0.15, 0.2) is 5.12 Å². The molecule has 0 spiro atoms.